The summed E-state index contributed by atoms with van der Waals surface area (Å²) >= 11 is 0. The van der Waals surface area contributed by atoms with Gasteiger partial charge in [0.15, 0.2) is 6.61 Å². The van der Waals surface area contributed by atoms with Gasteiger partial charge in [-0.15, -0.1) is 0 Å². The average molecular weight is 390 g/mol. The molecule has 2 nitrogen and oxygen atoms in total. The Morgan fingerprint density at radius 1 is 0.929 bits per heavy atom. The first kappa shape index (κ1) is 20.5. The summed E-state index contributed by atoms with van der Waals surface area (Å²) in [6.45, 7) is 1.23. The quantitative estimate of drug-likeness (QED) is 0.495. The van der Waals surface area contributed by atoms with Gasteiger partial charge in [0.1, 0.15) is 11.6 Å². The van der Waals surface area contributed by atoms with Crippen LogP contribution in [0.5, 0.6) is 5.75 Å². The molecule has 3 rings (SSSR count). The van der Waals surface area contributed by atoms with Gasteiger partial charge in [0.25, 0.3) is 0 Å². The van der Waals surface area contributed by atoms with Crippen LogP contribution in [0.15, 0.2) is 60.7 Å². The van der Waals surface area contributed by atoms with Crippen molar-refractivity contribution in [2.75, 3.05) is 6.61 Å². The molecule has 0 amide bonds. The number of rotatable bonds is 7. The number of ether oxygens (including phenoxy) is 2. The molecule has 0 aromatic heterocycles. The largest absolute Gasteiger partial charge is 0.431 e. The summed E-state index contributed by atoms with van der Waals surface area (Å²) in [6, 6.07) is 12.3. The van der Waals surface area contributed by atoms with E-state index in [1.165, 1.54) is 24.3 Å². The second-order valence-electron chi connectivity index (χ2n) is 7.14. The van der Waals surface area contributed by atoms with Crippen LogP contribution in [0.3, 0.4) is 0 Å². The van der Waals surface area contributed by atoms with Crippen molar-refractivity contribution in [3.8, 4) is 16.9 Å². The predicted octanol–water partition coefficient (Wildman–Crippen LogP) is 6.62. The van der Waals surface area contributed by atoms with Gasteiger partial charge < -0.3 is 9.47 Å². The summed E-state index contributed by atoms with van der Waals surface area (Å²) in [4.78, 5) is 0. The lowest BCUT2D eigenvalue weighted by molar-refractivity contribution is -0.222. The van der Waals surface area contributed by atoms with Gasteiger partial charge in [-0.3, -0.25) is 0 Å². The fourth-order valence-corrected chi connectivity index (χ4v) is 3.49. The van der Waals surface area contributed by atoms with Crippen LogP contribution in [-0.4, -0.2) is 18.8 Å². The molecule has 0 unspecified atom stereocenters. The molecule has 0 atom stereocenters. The van der Waals surface area contributed by atoms with Crippen LogP contribution in [0, 0.1) is 11.7 Å². The lowest BCUT2D eigenvalue weighted by atomic mass is 9.87. The minimum Gasteiger partial charge on any atom is -0.431 e. The van der Waals surface area contributed by atoms with Crippen molar-refractivity contribution < 1.29 is 22.6 Å². The van der Waals surface area contributed by atoms with Crippen LogP contribution in [-0.2, 0) is 4.74 Å². The summed E-state index contributed by atoms with van der Waals surface area (Å²) in [6.07, 6.45) is 4.18. The van der Waals surface area contributed by atoms with E-state index in [0.29, 0.717) is 5.92 Å². The number of hydrogen-bond donors (Lipinski definition) is 0. The standard InChI is InChI=1S/C23H25F3O2/c1-2-3-17-4-12-21(13-5-17)27-16-23(25,26)28-22-14-8-19(9-15-22)18-6-10-20(24)11-7-18/h2-3,6-11,14-15,17,21H,4-5,12-13,16H2,1H3/b3-2+. The normalized spacial score (nSPS) is 20.4. The highest BCUT2D eigenvalue weighted by molar-refractivity contribution is 5.63. The number of alkyl halides is 2. The first-order chi connectivity index (χ1) is 13.4. The second kappa shape index (κ2) is 9.28. The minimum atomic E-state index is -3.39. The molecule has 0 N–H and O–H groups in total. The third kappa shape index (κ3) is 5.86. The summed E-state index contributed by atoms with van der Waals surface area (Å²) in [5.41, 5.74) is 1.60. The number of hydrogen-bond acceptors (Lipinski definition) is 2. The Balaban J connectivity index is 1.50. The van der Waals surface area contributed by atoms with Crippen molar-refractivity contribution in [3.05, 3.63) is 66.5 Å². The molecule has 28 heavy (non-hydrogen) atoms. The maximum absolute atomic E-state index is 14.1. The summed E-state index contributed by atoms with van der Waals surface area (Å²) < 4.78 is 51.5. The number of allylic oxidation sites excluding steroid dienone is 2. The molecule has 5 heteroatoms. The lowest BCUT2D eigenvalue weighted by Crippen LogP contribution is -2.34. The van der Waals surface area contributed by atoms with Crippen LogP contribution >= 0.6 is 0 Å². The van der Waals surface area contributed by atoms with Crippen LogP contribution < -0.4 is 4.74 Å². The van der Waals surface area contributed by atoms with E-state index in [1.54, 1.807) is 24.3 Å². The van der Waals surface area contributed by atoms with E-state index in [1.807, 2.05) is 13.0 Å². The van der Waals surface area contributed by atoms with Crippen LogP contribution in [0.2, 0.25) is 0 Å². The van der Waals surface area contributed by atoms with E-state index < -0.39 is 12.7 Å². The highest BCUT2D eigenvalue weighted by Crippen LogP contribution is 2.30. The molecule has 2 aromatic rings. The van der Waals surface area contributed by atoms with Crippen molar-refractivity contribution in [1.29, 1.82) is 0 Å². The van der Waals surface area contributed by atoms with E-state index in [2.05, 4.69) is 6.08 Å². The molecule has 0 saturated heterocycles. The smallest absolute Gasteiger partial charge is 0.421 e. The Labute approximate surface area is 164 Å². The molecule has 0 heterocycles. The zero-order valence-corrected chi connectivity index (χ0v) is 15.9. The van der Waals surface area contributed by atoms with E-state index in [4.69, 9.17) is 9.47 Å². The van der Waals surface area contributed by atoms with Crippen LogP contribution in [0.1, 0.15) is 32.6 Å². The summed E-state index contributed by atoms with van der Waals surface area (Å²) in [5, 5.41) is 0. The third-order valence-corrected chi connectivity index (χ3v) is 4.97. The minimum absolute atomic E-state index is 0.0660. The Hall–Kier alpha value is -2.27. The van der Waals surface area contributed by atoms with Gasteiger partial charge in [0, 0.05) is 0 Å². The summed E-state index contributed by atoms with van der Waals surface area (Å²) in [5.74, 6) is 0.274. The second-order valence-corrected chi connectivity index (χ2v) is 7.14. The molecular formula is C23H25F3O2. The Kier molecular flexibility index (Phi) is 6.79. The van der Waals surface area contributed by atoms with E-state index in [-0.39, 0.29) is 17.7 Å². The maximum atomic E-state index is 14.1. The molecule has 1 fully saturated rings. The van der Waals surface area contributed by atoms with E-state index in [9.17, 15) is 13.2 Å². The zero-order chi connectivity index (χ0) is 20.0. The third-order valence-electron chi connectivity index (χ3n) is 4.97. The van der Waals surface area contributed by atoms with Gasteiger partial charge in [-0.05, 0) is 73.9 Å². The van der Waals surface area contributed by atoms with Crippen LogP contribution in [0.25, 0.3) is 11.1 Å². The molecule has 0 aliphatic heterocycles. The SMILES string of the molecule is C/C=C/C1CCC(OCC(F)(F)Oc2ccc(-c3ccc(F)cc3)cc2)CC1. The zero-order valence-electron chi connectivity index (χ0n) is 15.9. The number of halogens is 3. The van der Waals surface area contributed by atoms with Crippen molar-refractivity contribution in [2.24, 2.45) is 5.92 Å². The van der Waals surface area contributed by atoms with Crippen molar-refractivity contribution in [3.63, 3.8) is 0 Å². The molecule has 2 aromatic carbocycles. The first-order valence-electron chi connectivity index (χ1n) is 9.62. The maximum Gasteiger partial charge on any atom is 0.421 e. The predicted molar refractivity (Wildman–Crippen MR) is 104 cm³/mol. The monoisotopic (exact) mass is 390 g/mol. The van der Waals surface area contributed by atoms with Gasteiger partial charge in [-0.25, -0.2) is 4.39 Å². The Morgan fingerprint density at radius 3 is 2.07 bits per heavy atom. The topological polar surface area (TPSA) is 18.5 Å². The fraction of sp³-hybridized carbons (Fsp3) is 0.391. The van der Waals surface area contributed by atoms with Gasteiger partial charge >= 0.3 is 6.11 Å². The molecule has 1 aliphatic rings. The van der Waals surface area contributed by atoms with E-state index in [0.717, 1.165) is 36.8 Å². The molecular weight excluding hydrogens is 365 g/mol. The fourth-order valence-electron chi connectivity index (χ4n) is 3.49. The van der Waals surface area contributed by atoms with Gasteiger partial charge in [0.05, 0.1) is 6.10 Å². The molecule has 150 valence electrons. The van der Waals surface area contributed by atoms with Crippen molar-refractivity contribution >= 4 is 0 Å². The molecule has 1 saturated carbocycles. The highest BCUT2D eigenvalue weighted by Gasteiger charge is 2.34. The molecule has 0 bridgehead atoms. The Bertz CT molecular complexity index is 761. The van der Waals surface area contributed by atoms with Gasteiger partial charge in [-0.2, -0.15) is 8.78 Å². The molecule has 1 aliphatic carbocycles. The number of benzene rings is 2. The van der Waals surface area contributed by atoms with Gasteiger partial charge in [-0.1, -0.05) is 36.4 Å². The van der Waals surface area contributed by atoms with Crippen LogP contribution in [0.4, 0.5) is 13.2 Å². The lowest BCUT2D eigenvalue weighted by Gasteiger charge is -2.28. The Morgan fingerprint density at radius 2 is 1.50 bits per heavy atom. The van der Waals surface area contributed by atoms with Gasteiger partial charge in [0.2, 0.25) is 0 Å². The average Bonchev–Trinajstić information content (AvgIpc) is 2.69. The summed E-state index contributed by atoms with van der Waals surface area (Å²) in [7, 11) is 0. The van der Waals surface area contributed by atoms with Crippen molar-refractivity contribution in [2.45, 2.75) is 44.8 Å². The molecule has 0 spiro atoms. The molecule has 0 radical (unpaired) electrons. The van der Waals surface area contributed by atoms with E-state index >= 15 is 0 Å². The van der Waals surface area contributed by atoms with Crippen molar-refractivity contribution in [1.82, 2.24) is 0 Å². The first-order valence-corrected chi connectivity index (χ1v) is 9.62. The highest BCUT2D eigenvalue weighted by atomic mass is 19.3.